The molecule has 0 aliphatic heterocycles. The number of ether oxygens (including phenoxy) is 2. The number of carbonyl (C=O) groups is 3. The molecule has 0 saturated heterocycles. The summed E-state index contributed by atoms with van der Waals surface area (Å²) in [5.41, 5.74) is 3.65. The fourth-order valence-electron chi connectivity index (χ4n) is 6.15. The predicted octanol–water partition coefficient (Wildman–Crippen LogP) is 6.44. The number of alkyl carbamates (subject to hydrolysis) is 1. The van der Waals surface area contributed by atoms with E-state index in [2.05, 4.69) is 20.6 Å². The first-order chi connectivity index (χ1) is 22.2. The molecule has 1 aliphatic carbocycles. The Morgan fingerprint density at radius 1 is 1.00 bits per heavy atom. The number of carbonyl (C=O) groups excluding carboxylic acids is 3. The number of benzene rings is 2. The molecule has 3 N–H and O–H groups in total. The molecule has 10 heteroatoms. The molecule has 5 rings (SSSR count). The van der Waals surface area contributed by atoms with Crippen LogP contribution in [0.25, 0.3) is 10.9 Å². The second-order valence-corrected chi connectivity index (χ2v) is 12.7. The molecule has 4 aromatic rings. The number of hydrogen-bond acceptors (Lipinski definition) is 6. The molecule has 1 aliphatic rings. The molecule has 2 amide bonds. The van der Waals surface area contributed by atoms with Crippen molar-refractivity contribution >= 4 is 28.9 Å². The quantitative estimate of drug-likeness (QED) is 0.155. The van der Waals surface area contributed by atoms with E-state index in [1.165, 1.54) is 0 Å². The van der Waals surface area contributed by atoms with Crippen LogP contribution in [-0.2, 0) is 34.3 Å². The molecule has 10 nitrogen and oxygen atoms in total. The van der Waals surface area contributed by atoms with Gasteiger partial charge in [0.05, 0.1) is 6.04 Å². The minimum Gasteiger partial charge on any atom is -0.456 e. The molecule has 2 aromatic heterocycles. The first-order valence-electron chi connectivity index (χ1n) is 16.3. The van der Waals surface area contributed by atoms with Crippen LogP contribution < -0.4 is 10.6 Å². The van der Waals surface area contributed by atoms with Gasteiger partial charge < -0.3 is 29.7 Å². The molecule has 0 spiro atoms. The highest BCUT2D eigenvalue weighted by atomic mass is 16.6. The van der Waals surface area contributed by atoms with E-state index in [0.717, 1.165) is 54.1 Å². The molecular weight excluding hydrogens is 582 g/mol. The molecule has 2 heterocycles. The molecule has 0 radical (unpaired) electrons. The average molecular weight is 628 g/mol. The zero-order valence-corrected chi connectivity index (χ0v) is 27.2. The van der Waals surface area contributed by atoms with Crippen molar-refractivity contribution in [2.45, 2.75) is 90.5 Å². The summed E-state index contributed by atoms with van der Waals surface area (Å²) in [4.78, 5) is 47.8. The summed E-state index contributed by atoms with van der Waals surface area (Å²) in [6.45, 7) is 5.89. The predicted molar refractivity (Wildman–Crippen MR) is 176 cm³/mol. The second-order valence-electron chi connectivity index (χ2n) is 12.7. The van der Waals surface area contributed by atoms with Crippen molar-refractivity contribution in [2.24, 2.45) is 13.0 Å². The van der Waals surface area contributed by atoms with Crippen LogP contribution in [0.3, 0.4) is 0 Å². The maximum atomic E-state index is 13.9. The van der Waals surface area contributed by atoms with Crippen molar-refractivity contribution in [3.63, 3.8) is 0 Å². The van der Waals surface area contributed by atoms with E-state index in [0.29, 0.717) is 24.4 Å². The van der Waals surface area contributed by atoms with E-state index >= 15 is 0 Å². The van der Waals surface area contributed by atoms with Gasteiger partial charge in [-0.15, -0.1) is 0 Å². The maximum Gasteiger partial charge on any atom is 0.408 e. The number of aromatic amines is 1. The molecule has 1 fully saturated rings. The summed E-state index contributed by atoms with van der Waals surface area (Å²) in [7, 11) is 1.98. The normalized spacial score (nSPS) is 15.0. The molecule has 2 aromatic carbocycles. The first-order valence-corrected chi connectivity index (χ1v) is 16.3. The number of amides is 2. The Bertz CT molecular complexity index is 1640. The standard InChI is InChI=1S/C36H45N5O5/c1-23(2)19-30(39-36(44)46-27-15-9-6-10-16-27)34(42)38-29(20-26-21-41(4)31-18-12-11-17-28(26)31)33-37-24(3)32(40-33)35(43)45-22-25-13-7-5-8-14-25/h5,7-8,11-14,17-18,21,23,27,29-30H,6,9-10,15-16,19-20,22H2,1-4H3,(H,37,40)(H,38,42)(H,39,44)/t29-,30+/m1/s1. The van der Waals surface area contributed by atoms with Crippen LogP contribution in [0.4, 0.5) is 4.79 Å². The SMILES string of the molecule is Cc1[nH]c([C@@H](Cc2cn(C)c3ccccc23)NC(=O)[C@H](CC(C)C)NC(=O)OC2CCCCC2)nc1C(=O)OCc1ccccc1. The van der Waals surface area contributed by atoms with Gasteiger partial charge >= 0.3 is 12.1 Å². The minimum absolute atomic E-state index is 0.122. The van der Waals surface area contributed by atoms with Gasteiger partial charge in [0.1, 0.15) is 24.6 Å². The Balaban J connectivity index is 1.38. The summed E-state index contributed by atoms with van der Waals surface area (Å²) < 4.78 is 13.3. The molecule has 2 atom stereocenters. The third-order valence-electron chi connectivity index (χ3n) is 8.50. The van der Waals surface area contributed by atoms with Crippen molar-refractivity contribution in [2.75, 3.05) is 0 Å². The monoisotopic (exact) mass is 627 g/mol. The fraction of sp³-hybridized carbons (Fsp3) is 0.444. The van der Waals surface area contributed by atoms with Crippen LogP contribution in [0.2, 0.25) is 0 Å². The van der Waals surface area contributed by atoms with Crippen LogP contribution >= 0.6 is 0 Å². The topological polar surface area (TPSA) is 127 Å². The average Bonchev–Trinajstić information content (AvgIpc) is 3.59. The van der Waals surface area contributed by atoms with Gasteiger partial charge in [0, 0.05) is 36.3 Å². The number of imidazole rings is 1. The minimum atomic E-state index is -0.808. The Morgan fingerprint density at radius 3 is 2.46 bits per heavy atom. The van der Waals surface area contributed by atoms with E-state index in [1.807, 2.05) is 86.3 Å². The van der Waals surface area contributed by atoms with E-state index < -0.39 is 24.1 Å². The highest BCUT2D eigenvalue weighted by molar-refractivity contribution is 5.89. The summed E-state index contributed by atoms with van der Waals surface area (Å²) in [6, 6.07) is 16.1. The van der Waals surface area contributed by atoms with Crippen LogP contribution in [0.1, 0.15) is 91.5 Å². The van der Waals surface area contributed by atoms with E-state index in [1.54, 1.807) is 6.92 Å². The van der Waals surface area contributed by atoms with Crippen molar-refractivity contribution in [1.82, 2.24) is 25.2 Å². The first kappa shape index (κ1) is 32.8. The van der Waals surface area contributed by atoms with Gasteiger partial charge in [0.25, 0.3) is 0 Å². The van der Waals surface area contributed by atoms with Crippen LogP contribution in [0.5, 0.6) is 0 Å². The Labute approximate surface area is 270 Å². The summed E-state index contributed by atoms with van der Waals surface area (Å²) in [6.07, 6.45) is 7.09. The van der Waals surface area contributed by atoms with E-state index in [4.69, 9.17) is 9.47 Å². The lowest BCUT2D eigenvalue weighted by atomic mass is 9.98. The van der Waals surface area contributed by atoms with Gasteiger partial charge in [0.15, 0.2) is 5.69 Å². The number of nitrogens with zero attached hydrogens (tertiary/aromatic N) is 2. The van der Waals surface area contributed by atoms with Gasteiger partial charge in [-0.25, -0.2) is 14.6 Å². The molecular formula is C36H45N5O5. The zero-order chi connectivity index (χ0) is 32.6. The van der Waals surface area contributed by atoms with Gasteiger partial charge in [-0.2, -0.15) is 0 Å². The highest BCUT2D eigenvalue weighted by Crippen LogP contribution is 2.27. The maximum absolute atomic E-state index is 13.9. The zero-order valence-electron chi connectivity index (χ0n) is 27.2. The van der Waals surface area contributed by atoms with Gasteiger partial charge in [-0.05, 0) is 62.1 Å². The number of hydrogen-bond donors (Lipinski definition) is 3. The lowest BCUT2D eigenvalue weighted by Gasteiger charge is -2.26. The summed E-state index contributed by atoms with van der Waals surface area (Å²) in [5, 5.41) is 7.04. The van der Waals surface area contributed by atoms with Gasteiger partial charge in [-0.1, -0.05) is 68.8 Å². The highest BCUT2D eigenvalue weighted by Gasteiger charge is 2.30. The number of rotatable bonds is 12. The van der Waals surface area contributed by atoms with Crippen LogP contribution in [0, 0.1) is 12.8 Å². The van der Waals surface area contributed by atoms with Crippen molar-refractivity contribution in [1.29, 1.82) is 0 Å². The van der Waals surface area contributed by atoms with E-state index in [-0.39, 0.29) is 30.2 Å². The Morgan fingerprint density at radius 2 is 1.72 bits per heavy atom. The number of aryl methyl sites for hydroxylation is 2. The summed E-state index contributed by atoms with van der Waals surface area (Å²) in [5.74, 6) is -0.330. The van der Waals surface area contributed by atoms with Crippen LogP contribution in [0.15, 0.2) is 60.8 Å². The molecule has 0 unspecified atom stereocenters. The van der Waals surface area contributed by atoms with Crippen molar-refractivity contribution in [3.8, 4) is 0 Å². The van der Waals surface area contributed by atoms with Crippen molar-refractivity contribution < 1.29 is 23.9 Å². The third-order valence-corrected chi connectivity index (χ3v) is 8.50. The Hall–Kier alpha value is -4.60. The largest absolute Gasteiger partial charge is 0.456 e. The third kappa shape index (κ3) is 8.35. The lowest BCUT2D eigenvalue weighted by Crippen LogP contribution is -2.49. The number of aromatic nitrogens is 3. The van der Waals surface area contributed by atoms with Gasteiger partial charge in [0.2, 0.25) is 5.91 Å². The fourth-order valence-corrected chi connectivity index (χ4v) is 6.15. The second kappa shape index (κ2) is 15.1. The van der Waals surface area contributed by atoms with E-state index in [9.17, 15) is 14.4 Å². The lowest BCUT2D eigenvalue weighted by molar-refractivity contribution is -0.124. The van der Waals surface area contributed by atoms with Gasteiger partial charge in [-0.3, -0.25) is 4.79 Å². The number of para-hydroxylation sites is 1. The number of nitrogens with one attached hydrogen (secondary N) is 3. The number of fused-ring (bicyclic) bond motifs is 1. The molecule has 46 heavy (non-hydrogen) atoms. The number of H-pyrrole nitrogens is 1. The Kier molecular flexibility index (Phi) is 10.8. The number of esters is 1. The van der Waals surface area contributed by atoms with Crippen LogP contribution in [-0.4, -0.2) is 44.7 Å². The van der Waals surface area contributed by atoms with Crippen molar-refractivity contribution in [3.05, 3.63) is 89.1 Å². The smallest absolute Gasteiger partial charge is 0.408 e. The summed E-state index contributed by atoms with van der Waals surface area (Å²) >= 11 is 0. The molecule has 0 bridgehead atoms. The molecule has 244 valence electrons. The molecule has 1 saturated carbocycles.